The molecule has 0 bridgehead atoms. The minimum atomic E-state index is -0.366. The Bertz CT molecular complexity index is 926. The molecule has 6 nitrogen and oxygen atoms in total. The molecule has 130 valence electrons. The van der Waals surface area contributed by atoms with Crippen molar-refractivity contribution in [2.45, 2.75) is 13.5 Å². The Balaban J connectivity index is 1.67. The van der Waals surface area contributed by atoms with Gasteiger partial charge in [0.2, 0.25) is 0 Å². The highest BCUT2D eigenvalue weighted by molar-refractivity contribution is 6.04. The van der Waals surface area contributed by atoms with E-state index in [1.807, 2.05) is 43.3 Å². The van der Waals surface area contributed by atoms with Crippen molar-refractivity contribution in [3.63, 3.8) is 0 Å². The number of nitrogens with zero attached hydrogens (tertiary/aromatic N) is 2. The van der Waals surface area contributed by atoms with E-state index in [1.165, 1.54) is 12.3 Å². The normalized spacial score (nSPS) is 10.2. The Hall–Kier alpha value is -3.54. The minimum absolute atomic E-state index is 0.178. The zero-order valence-corrected chi connectivity index (χ0v) is 14.3. The Morgan fingerprint density at radius 1 is 0.923 bits per heavy atom. The molecule has 2 aromatic heterocycles. The van der Waals surface area contributed by atoms with E-state index in [0.29, 0.717) is 17.8 Å². The van der Waals surface area contributed by atoms with Gasteiger partial charge in [-0.1, -0.05) is 18.2 Å². The summed E-state index contributed by atoms with van der Waals surface area (Å²) in [7, 11) is 0. The van der Waals surface area contributed by atoms with Gasteiger partial charge in [-0.15, -0.1) is 0 Å². The van der Waals surface area contributed by atoms with Gasteiger partial charge < -0.3 is 10.6 Å². The van der Waals surface area contributed by atoms with Crippen molar-refractivity contribution in [1.29, 1.82) is 0 Å². The van der Waals surface area contributed by atoms with Crippen LogP contribution >= 0.6 is 0 Å². The fraction of sp³-hybridized carbons (Fsp3) is 0.100. The summed E-state index contributed by atoms with van der Waals surface area (Å²) < 4.78 is 0. The SMILES string of the molecule is Cc1cccc(NC(=O)c2cc(C(=O)NCc3ccccn3)ccn2)c1. The Morgan fingerprint density at radius 2 is 1.81 bits per heavy atom. The molecule has 0 fully saturated rings. The fourth-order valence-corrected chi connectivity index (χ4v) is 2.39. The summed E-state index contributed by atoms with van der Waals surface area (Å²) in [6.07, 6.45) is 3.11. The van der Waals surface area contributed by atoms with Crippen LogP contribution in [0.1, 0.15) is 32.1 Å². The molecule has 0 unspecified atom stereocenters. The van der Waals surface area contributed by atoms with Crippen LogP contribution in [0.25, 0.3) is 0 Å². The highest BCUT2D eigenvalue weighted by Gasteiger charge is 2.12. The molecule has 3 aromatic rings. The van der Waals surface area contributed by atoms with E-state index < -0.39 is 0 Å². The lowest BCUT2D eigenvalue weighted by atomic mass is 10.2. The van der Waals surface area contributed by atoms with Crippen LogP contribution in [0.2, 0.25) is 0 Å². The summed E-state index contributed by atoms with van der Waals surface area (Å²) >= 11 is 0. The number of rotatable bonds is 5. The molecule has 0 spiro atoms. The maximum absolute atomic E-state index is 12.4. The molecule has 6 heteroatoms. The monoisotopic (exact) mass is 346 g/mol. The predicted octanol–water partition coefficient (Wildman–Crippen LogP) is 2.97. The molecule has 0 saturated carbocycles. The van der Waals surface area contributed by atoms with Crippen molar-refractivity contribution in [2.24, 2.45) is 0 Å². The molecule has 26 heavy (non-hydrogen) atoms. The van der Waals surface area contributed by atoms with Gasteiger partial charge in [-0.2, -0.15) is 0 Å². The molecule has 0 aliphatic rings. The van der Waals surface area contributed by atoms with Crippen LogP contribution in [0.3, 0.4) is 0 Å². The van der Waals surface area contributed by atoms with Crippen molar-refractivity contribution in [3.05, 3.63) is 89.5 Å². The third-order valence-electron chi connectivity index (χ3n) is 3.69. The van der Waals surface area contributed by atoms with E-state index in [9.17, 15) is 9.59 Å². The van der Waals surface area contributed by atoms with E-state index in [-0.39, 0.29) is 17.5 Å². The molecular weight excluding hydrogens is 328 g/mol. The van der Waals surface area contributed by atoms with Gasteiger partial charge in [0, 0.05) is 23.6 Å². The second kappa shape index (κ2) is 8.02. The van der Waals surface area contributed by atoms with Gasteiger partial charge in [0.15, 0.2) is 0 Å². The molecule has 2 amide bonds. The third-order valence-corrected chi connectivity index (χ3v) is 3.69. The fourth-order valence-electron chi connectivity index (χ4n) is 2.39. The number of hydrogen-bond donors (Lipinski definition) is 2. The minimum Gasteiger partial charge on any atom is -0.346 e. The first kappa shape index (κ1) is 17.3. The van der Waals surface area contributed by atoms with Gasteiger partial charge in [-0.3, -0.25) is 19.6 Å². The first-order chi connectivity index (χ1) is 12.6. The number of hydrogen-bond acceptors (Lipinski definition) is 4. The first-order valence-corrected chi connectivity index (χ1v) is 8.14. The van der Waals surface area contributed by atoms with E-state index in [4.69, 9.17) is 0 Å². The first-order valence-electron chi connectivity index (χ1n) is 8.14. The van der Waals surface area contributed by atoms with Gasteiger partial charge in [0.25, 0.3) is 11.8 Å². The second-order valence-corrected chi connectivity index (χ2v) is 5.76. The number of carbonyl (C=O) groups excluding carboxylic acids is 2. The zero-order chi connectivity index (χ0) is 18.4. The maximum Gasteiger partial charge on any atom is 0.274 e. The third kappa shape index (κ3) is 4.51. The number of aryl methyl sites for hydroxylation is 1. The molecule has 0 radical (unpaired) electrons. The highest BCUT2D eigenvalue weighted by atomic mass is 16.2. The van der Waals surface area contributed by atoms with Crippen molar-refractivity contribution in [1.82, 2.24) is 15.3 Å². The molecule has 0 aliphatic heterocycles. The summed E-state index contributed by atoms with van der Waals surface area (Å²) in [6, 6.07) is 16.0. The predicted molar refractivity (Wildman–Crippen MR) is 98.8 cm³/mol. The second-order valence-electron chi connectivity index (χ2n) is 5.76. The molecule has 2 N–H and O–H groups in total. The van der Waals surface area contributed by atoms with Crippen molar-refractivity contribution in [3.8, 4) is 0 Å². The number of anilines is 1. The number of aromatic nitrogens is 2. The van der Waals surface area contributed by atoms with Crippen LogP contribution in [0.4, 0.5) is 5.69 Å². The molecule has 0 atom stereocenters. The lowest BCUT2D eigenvalue weighted by Crippen LogP contribution is -2.24. The standard InChI is InChI=1S/C20H18N4O2/c1-14-5-4-7-16(11-14)24-20(26)18-12-15(8-10-22-18)19(25)23-13-17-6-2-3-9-21-17/h2-12H,13H2,1H3,(H,23,25)(H,24,26). The number of nitrogens with one attached hydrogen (secondary N) is 2. The summed E-state index contributed by atoms with van der Waals surface area (Å²) in [5.41, 5.74) is 3.02. The van der Waals surface area contributed by atoms with Crippen LogP contribution in [0.5, 0.6) is 0 Å². The largest absolute Gasteiger partial charge is 0.346 e. The van der Waals surface area contributed by atoms with Crippen LogP contribution in [0, 0.1) is 6.92 Å². The molecular formula is C20H18N4O2. The van der Waals surface area contributed by atoms with Gasteiger partial charge in [-0.25, -0.2) is 0 Å². The summed E-state index contributed by atoms with van der Waals surface area (Å²) in [5.74, 6) is -0.655. The average Bonchev–Trinajstić information content (AvgIpc) is 2.67. The quantitative estimate of drug-likeness (QED) is 0.744. The number of benzene rings is 1. The topological polar surface area (TPSA) is 84.0 Å². The van der Waals surface area contributed by atoms with Crippen LogP contribution in [-0.4, -0.2) is 21.8 Å². The van der Waals surface area contributed by atoms with Gasteiger partial charge in [0.1, 0.15) is 5.69 Å². The molecule has 2 heterocycles. The molecule has 0 aliphatic carbocycles. The van der Waals surface area contributed by atoms with Crippen LogP contribution in [0.15, 0.2) is 67.0 Å². The Kier molecular flexibility index (Phi) is 5.34. The maximum atomic E-state index is 12.4. The van der Waals surface area contributed by atoms with E-state index >= 15 is 0 Å². The van der Waals surface area contributed by atoms with Crippen LogP contribution < -0.4 is 10.6 Å². The highest BCUT2D eigenvalue weighted by Crippen LogP contribution is 2.11. The van der Waals surface area contributed by atoms with Gasteiger partial charge >= 0.3 is 0 Å². The van der Waals surface area contributed by atoms with Gasteiger partial charge in [-0.05, 0) is 48.9 Å². The molecule has 3 rings (SSSR count). The smallest absolute Gasteiger partial charge is 0.274 e. The average molecular weight is 346 g/mol. The Labute approximate surface area is 151 Å². The summed E-state index contributed by atoms with van der Waals surface area (Å²) in [4.78, 5) is 32.9. The van der Waals surface area contributed by atoms with Crippen molar-refractivity contribution < 1.29 is 9.59 Å². The van der Waals surface area contributed by atoms with Gasteiger partial charge in [0.05, 0.1) is 12.2 Å². The zero-order valence-electron chi connectivity index (χ0n) is 14.3. The van der Waals surface area contributed by atoms with E-state index in [1.54, 1.807) is 18.3 Å². The van der Waals surface area contributed by atoms with E-state index in [0.717, 1.165) is 11.3 Å². The van der Waals surface area contributed by atoms with Crippen LogP contribution in [-0.2, 0) is 6.54 Å². The summed E-state index contributed by atoms with van der Waals surface area (Å²) in [5, 5.41) is 5.56. The lowest BCUT2D eigenvalue weighted by Gasteiger charge is -2.08. The number of pyridine rings is 2. The summed E-state index contributed by atoms with van der Waals surface area (Å²) in [6.45, 7) is 2.26. The lowest BCUT2D eigenvalue weighted by molar-refractivity contribution is 0.0950. The number of carbonyl (C=O) groups is 2. The number of amides is 2. The Morgan fingerprint density at radius 3 is 2.58 bits per heavy atom. The van der Waals surface area contributed by atoms with Crippen molar-refractivity contribution >= 4 is 17.5 Å². The molecule has 1 aromatic carbocycles. The molecule has 0 saturated heterocycles. The van der Waals surface area contributed by atoms with E-state index in [2.05, 4.69) is 20.6 Å². The van der Waals surface area contributed by atoms with Crippen molar-refractivity contribution in [2.75, 3.05) is 5.32 Å².